The first-order valence-electron chi connectivity index (χ1n) is 10.8. The van der Waals surface area contributed by atoms with Crippen molar-refractivity contribution in [2.45, 2.75) is 39.8 Å². The standard InChI is InChI=1S/C24H32N4O2.HI/c1-4-25-24(27-17-21-15-20-9-7-8-10-22(20)30-21)26-16-18-11-13-19(14-12-18)23(29)28(5-2)6-3;/h7-14,21H,4-6,15-17H2,1-3H3,(H2,25,26,27);1H. The van der Waals surface area contributed by atoms with E-state index in [9.17, 15) is 4.79 Å². The Morgan fingerprint density at radius 3 is 2.42 bits per heavy atom. The Hall–Kier alpha value is -2.29. The van der Waals surface area contributed by atoms with Crippen molar-refractivity contribution in [3.63, 3.8) is 0 Å². The monoisotopic (exact) mass is 536 g/mol. The summed E-state index contributed by atoms with van der Waals surface area (Å²) >= 11 is 0. The van der Waals surface area contributed by atoms with Gasteiger partial charge in [0.15, 0.2) is 5.96 Å². The lowest BCUT2D eigenvalue weighted by molar-refractivity contribution is 0.0773. The lowest BCUT2D eigenvalue weighted by Crippen LogP contribution is -2.42. The fraction of sp³-hybridized carbons (Fsp3) is 0.417. The predicted molar refractivity (Wildman–Crippen MR) is 136 cm³/mol. The van der Waals surface area contributed by atoms with E-state index in [0.717, 1.165) is 48.9 Å². The van der Waals surface area contributed by atoms with Gasteiger partial charge in [0.1, 0.15) is 11.9 Å². The highest BCUT2D eigenvalue weighted by Crippen LogP contribution is 2.27. The number of hydrogen-bond acceptors (Lipinski definition) is 3. The lowest BCUT2D eigenvalue weighted by atomic mass is 10.1. The molecule has 0 saturated carbocycles. The summed E-state index contributed by atoms with van der Waals surface area (Å²) in [6.07, 6.45) is 1.02. The second-order valence-corrected chi connectivity index (χ2v) is 7.30. The largest absolute Gasteiger partial charge is 0.488 e. The van der Waals surface area contributed by atoms with Gasteiger partial charge in [0.25, 0.3) is 5.91 Å². The minimum absolute atomic E-state index is 0. The maximum atomic E-state index is 12.4. The molecule has 0 aliphatic carbocycles. The highest BCUT2D eigenvalue weighted by atomic mass is 127. The lowest BCUT2D eigenvalue weighted by Gasteiger charge is -2.18. The summed E-state index contributed by atoms with van der Waals surface area (Å²) in [6, 6.07) is 15.9. The first-order chi connectivity index (χ1) is 14.6. The highest BCUT2D eigenvalue weighted by Gasteiger charge is 2.22. The Labute approximate surface area is 202 Å². The second kappa shape index (κ2) is 12.5. The van der Waals surface area contributed by atoms with Crippen LogP contribution in [0.2, 0.25) is 0 Å². The molecule has 0 fully saturated rings. The Morgan fingerprint density at radius 1 is 1.06 bits per heavy atom. The Morgan fingerprint density at radius 2 is 1.77 bits per heavy atom. The maximum absolute atomic E-state index is 12.4. The highest BCUT2D eigenvalue weighted by molar-refractivity contribution is 14.0. The molecule has 7 heteroatoms. The van der Waals surface area contributed by atoms with E-state index in [1.165, 1.54) is 5.56 Å². The van der Waals surface area contributed by atoms with Gasteiger partial charge in [-0.25, -0.2) is 4.99 Å². The molecule has 0 aromatic heterocycles. The zero-order valence-corrected chi connectivity index (χ0v) is 20.9. The van der Waals surface area contributed by atoms with Crippen LogP contribution in [0.3, 0.4) is 0 Å². The molecule has 2 aromatic carbocycles. The quantitative estimate of drug-likeness (QED) is 0.306. The van der Waals surface area contributed by atoms with E-state index in [1.807, 2.05) is 68.1 Å². The maximum Gasteiger partial charge on any atom is 0.253 e. The molecule has 0 saturated heterocycles. The van der Waals surface area contributed by atoms with Gasteiger partial charge in [0.05, 0.1) is 13.1 Å². The number of halogens is 1. The van der Waals surface area contributed by atoms with Crippen LogP contribution in [-0.2, 0) is 13.0 Å². The summed E-state index contributed by atoms with van der Waals surface area (Å²) in [5.74, 6) is 1.81. The van der Waals surface area contributed by atoms with Gasteiger partial charge in [-0.2, -0.15) is 0 Å². The van der Waals surface area contributed by atoms with Crippen LogP contribution in [0.1, 0.15) is 42.3 Å². The summed E-state index contributed by atoms with van der Waals surface area (Å²) < 4.78 is 5.99. The molecule has 31 heavy (non-hydrogen) atoms. The van der Waals surface area contributed by atoms with Crippen LogP contribution in [0, 0.1) is 0 Å². The summed E-state index contributed by atoms with van der Waals surface area (Å²) in [4.78, 5) is 18.9. The molecule has 2 N–H and O–H groups in total. The number of aliphatic imine (C=N–C) groups is 1. The van der Waals surface area contributed by atoms with Crippen molar-refractivity contribution in [1.82, 2.24) is 15.5 Å². The molecule has 2 aromatic rings. The van der Waals surface area contributed by atoms with Gasteiger partial charge < -0.3 is 20.3 Å². The molecule has 1 amide bonds. The van der Waals surface area contributed by atoms with E-state index in [2.05, 4.69) is 21.7 Å². The number of para-hydroxylation sites is 1. The number of carbonyl (C=O) groups excluding carboxylic acids is 1. The molecule has 1 heterocycles. The number of nitrogens with one attached hydrogen (secondary N) is 2. The van der Waals surface area contributed by atoms with Crippen LogP contribution in [-0.4, -0.2) is 49.0 Å². The number of nitrogens with zero attached hydrogens (tertiary/aromatic N) is 2. The first-order valence-corrected chi connectivity index (χ1v) is 10.8. The molecular formula is C24H33IN4O2. The Balaban J connectivity index is 0.00000341. The summed E-state index contributed by atoms with van der Waals surface area (Å²) in [7, 11) is 0. The van der Waals surface area contributed by atoms with Gasteiger partial charge in [-0.05, 0) is 50.1 Å². The Bertz CT molecular complexity index is 841. The summed E-state index contributed by atoms with van der Waals surface area (Å²) in [6.45, 7) is 9.49. The van der Waals surface area contributed by atoms with Crippen LogP contribution in [0.4, 0.5) is 0 Å². The van der Waals surface area contributed by atoms with Crippen LogP contribution in [0.25, 0.3) is 0 Å². The molecule has 0 spiro atoms. The van der Waals surface area contributed by atoms with Gasteiger partial charge in [-0.15, -0.1) is 24.0 Å². The van der Waals surface area contributed by atoms with E-state index in [1.54, 1.807) is 0 Å². The number of hydrogen-bond donors (Lipinski definition) is 2. The number of rotatable bonds is 8. The van der Waals surface area contributed by atoms with E-state index in [4.69, 9.17) is 4.74 Å². The van der Waals surface area contributed by atoms with Crippen molar-refractivity contribution in [3.8, 4) is 5.75 Å². The van der Waals surface area contributed by atoms with Crippen molar-refractivity contribution in [2.75, 3.05) is 26.2 Å². The zero-order chi connectivity index (χ0) is 21.3. The molecule has 168 valence electrons. The zero-order valence-electron chi connectivity index (χ0n) is 18.6. The smallest absolute Gasteiger partial charge is 0.253 e. The molecule has 1 unspecified atom stereocenters. The minimum atomic E-state index is 0. The van der Waals surface area contributed by atoms with Gasteiger partial charge in [-0.1, -0.05) is 30.3 Å². The summed E-state index contributed by atoms with van der Waals surface area (Å²) in [5, 5.41) is 6.66. The van der Waals surface area contributed by atoms with Gasteiger partial charge in [0, 0.05) is 31.6 Å². The third kappa shape index (κ3) is 6.85. The van der Waals surface area contributed by atoms with Gasteiger partial charge in [-0.3, -0.25) is 4.79 Å². The number of ether oxygens (including phenoxy) is 1. The fourth-order valence-electron chi connectivity index (χ4n) is 3.54. The van der Waals surface area contributed by atoms with Crippen LogP contribution >= 0.6 is 24.0 Å². The van der Waals surface area contributed by atoms with Crippen molar-refractivity contribution in [2.24, 2.45) is 4.99 Å². The van der Waals surface area contributed by atoms with E-state index < -0.39 is 0 Å². The number of amides is 1. The average molecular weight is 536 g/mol. The predicted octanol–water partition coefficient (Wildman–Crippen LogP) is 3.85. The summed E-state index contributed by atoms with van der Waals surface area (Å²) in [5.41, 5.74) is 3.04. The minimum Gasteiger partial charge on any atom is -0.488 e. The number of carbonyl (C=O) groups is 1. The average Bonchev–Trinajstić information content (AvgIpc) is 3.20. The van der Waals surface area contributed by atoms with Crippen molar-refractivity contribution < 1.29 is 9.53 Å². The van der Waals surface area contributed by atoms with Gasteiger partial charge >= 0.3 is 0 Å². The molecule has 0 radical (unpaired) electrons. The molecule has 3 rings (SSSR count). The second-order valence-electron chi connectivity index (χ2n) is 7.30. The van der Waals surface area contributed by atoms with Gasteiger partial charge in [0.2, 0.25) is 0 Å². The normalized spacial score (nSPS) is 14.8. The van der Waals surface area contributed by atoms with E-state index >= 15 is 0 Å². The number of benzene rings is 2. The van der Waals surface area contributed by atoms with Crippen molar-refractivity contribution in [3.05, 3.63) is 65.2 Å². The molecule has 1 aliphatic rings. The third-order valence-electron chi connectivity index (χ3n) is 5.23. The third-order valence-corrected chi connectivity index (χ3v) is 5.23. The molecule has 0 bridgehead atoms. The van der Waals surface area contributed by atoms with Crippen molar-refractivity contribution >= 4 is 35.8 Å². The SMILES string of the molecule is CCNC(=NCc1ccc(C(=O)N(CC)CC)cc1)NCC1Cc2ccccc2O1.I. The van der Waals surface area contributed by atoms with E-state index in [0.29, 0.717) is 13.1 Å². The van der Waals surface area contributed by atoms with Crippen molar-refractivity contribution in [1.29, 1.82) is 0 Å². The first kappa shape index (κ1) is 25.0. The van der Waals surface area contributed by atoms with Crippen LogP contribution in [0.5, 0.6) is 5.75 Å². The van der Waals surface area contributed by atoms with E-state index in [-0.39, 0.29) is 36.0 Å². The number of guanidine groups is 1. The molecular weight excluding hydrogens is 503 g/mol. The topological polar surface area (TPSA) is 66.0 Å². The molecule has 6 nitrogen and oxygen atoms in total. The molecule has 1 aliphatic heterocycles. The number of fused-ring (bicyclic) bond motifs is 1. The fourth-order valence-corrected chi connectivity index (χ4v) is 3.54. The van der Waals surface area contributed by atoms with Crippen LogP contribution < -0.4 is 15.4 Å². The Kier molecular flexibility index (Phi) is 10.1. The molecule has 1 atom stereocenters. The van der Waals surface area contributed by atoms with Crippen LogP contribution in [0.15, 0.2) is 53.5 Å².